The van der Waals surface area contributed by atoms with E-state index in [1.165, 1.54) is 0 Å². The molecule has 0 saturated carbocycles. The molecule has 1 fully saturated rings. The lowest BCUT2D eigenvalue weighted by atomic mass is 10.2. The number of para-hydroxylation sites is 1. The first-order chi connectivity index (χ1) is 11.7. The Morgan fingerprint density at radius 2 is 2.08 bits per heavy atom. The highest BCUT2D eigenvalue weighted by Crippen LogP contribution is 2.20. The zero-order valence-corrected chi connectivity index (χ0v) is 13.4. The first-order valence-electron chi connectivity index (χ1n) is 8.05. The summed E-state index contributed by atoms with van der Waals surface area (Å²) in [7, 11) is 0. The summed E-state index contributed by atoms with van der Waals surface area (Å²) in [5.41, 5.74) is 6.45. The second-order valence-corrected chi connectivity index (χ2v) is 5.70. The van der Waals surface area contributed by atoms with Crippen molar-refractivity contribution in [1.29, 1.82) is 0 Å². The third kappa shape index (κ3) is 4.31. The van der Waals surface area contributed by atoms with Crippen LogP contribution in [0.25, 0.3) is 0 Å². The number of amides is 1. The third-order valence-electron chi connectivity index (χ3n) is 3.89. The molecule has 0 bridgehead atoms. The highest BCUT2D eigenvalue weighted by Gasteiger charge is 2.29. The van der Waals surface area contributed by atoms with Gasteiger partial charge in [0.2, 0.25) is 11.8 Å². The Bertz CT molecular complexity index is 661. The summed E-state index contributed by atoms with van der Waals surface area (Å²) in [5.74, 6) is 1.15. The fourth-order valence-corrected chi connectivity index (χ4v) is 2.56. The average Bonchev–Trinajstić information content (AvgIpc) is 3.11. The van der Waals surface area contributed by atoms with Gasteiger partial charge in [0.1, 0.15) is 11.9 Å². The number of aromatic nitrogens is 1. The number of carbonyl (C=O) groups excluding carboxylic acids is 1. The lowest BCUT2D eigenvalue weighted by Crippen LogP contribution is -2.35. The maximum Gasteiger partial charge on any atom is 0.249 e. The normalized spacial score (nSPS) is 19.9. The quantitative estimate of drug-likeness (QED) is 0.847. The van der Waals surface area contributed by atoms with Crippen molar-refractivity contribution < 1.29 is 14.3 Å². The van der Waals surface area contributed by atoms with Gasteiger partial charge in [-0.2, -0.15) is 0 Å². The molecule has 3 rings (SSSR count). The van der Waals surface area contributed by atoms with Gasteiger partial charge in [-0.15, -0.1) is 0 Å². The molecule has 2 atom stereocenters. The SMILES string of the molecule is NC[C@H]1CC[C@@H](C(=O)NCc2ccc(Oc3ccccc3)nc2)O1. The molecule has 1 amide bonds. The van der Waals surface area contributed by atoms with Gasteiger partial charge < -0.3 is 20.5 Å². The van der Waals surface area contributed by atoms with Crippen LogP contribution in [-0.2, 0) is 16.1 Å². The average molecular weight is 327 g/mol. The van der Waals surface area contributed by atoms with Gasteiger partial charge in [0.05, 0.1) is 6.10 Å². The zero-order chi connectivity index (χ0) is 16.8. The van der Waals surface area contributed by atoms with E-state index in [2.05, 4.69) is 10.3 Å². The standard InChI is InChI=1S/C18H21N3O3/c19-10-15-7-8-16(23-15)18(22)21-12-13-6-9-17(20-11-13)24-14-4-2-1-3-5-14/h1-6,9,11,15-16H,7-8,10,12,19H2,(H,21,22)/t15-,16+/m1/s1. The van der Waals surface area contributed by atoms with Gasteiger partial charge in [-0.3, -0.25) is 4.79 Å². The summed E-state index contributed by atoms with van der Waals surface area (Å²) in [6.07, 6.45) is 2.85. The van der Waals surface area contributed by atoms with Gasteiger partial charge in [0.25, 0.3) is 0 Å². The molecule has 0 unspecified atom stereocenters. The maximum atomic E-state index is 12.1. The largest absolute Gasteiger partial charge is 0.439 e. The molecule has 2 aromatic rings. The van der Waals surface area contributed by atoms with Crippen LogP contribution < -0.4 is 15.8 Å². The van der Waals surface area contributed by atoms with Crippen LogP contribution in [0.5, 0.6) is 11.6 Å². The van der Waals surface area contributed by atoms with Gasteiger partial charge in [-0.1, -0.05) is 24.3 Å². The second-order valence-electron chi connectivity index (χ2n) is 5.70. The van der Waals surface area contributed by atoms with Crippen molar-refractivity contribution in [3.63, 3.8) is 0 Å². The second kappa shape index (κ2) is 7.90. The van der Waals surface area contributed by atoms with E-state index in [-0.39, 0.29) is 12.0 Å². The van der Waals surface area contributed by atoms with Crippen LogP contribution in [-0.4, -0.2) is 29.6 Å². The fraction of sp³-hybridized carbons (Fsp3) is 0.333. The minimum Gasteiger partial charge on any atom is -0.439 e. The Hall–Kier alpha value is -2.44. The highest BCUT2D eigenvalue weighted by atomic mass is 16.5. The highest BCUT2D eigenvalue weighted by molar-refractivity contribution is 5.81. The summed E-state index contributed by atoms with van der Waals surface area (Å²) >= 11 is 0. The number of rotatable bonds is 6. The van der Waals surface area contributed by atoms with E-state index in [0.717, 1.165) is 24.2 Å². The van der Waals surface area contributed by atoms with E-state index in [1.807, 2.05) is 36.4 Å². The molecule has 6 heteroatoms. The smallest absolute Gasteiger partial charge is 0.249 e. The molecular weight excluding hydrogens is 306 g/mol. The van der Waals surface area contributed by atoms with Crippen LogP contribution in [0.4, 0.5) is 0 Å². The molecule has 1 aromatic carbocycles. The Kier molecular flexibility index (Phi) is 5.40. The molecule has 1 aromatic heterocycles. The van der Waals surface area contributed by atoms with Crippen molar-refractivity contribution in [2.45, 2.75) is 31.6 Å². The first kappa shape index (κ1) is 16.4. The Balaban J connectivity index is 1.48. The first-order valence-corrected chi connectivity index (χ1v) is 8.05. The molecule has 0 spiro atoms. The van der Waals surface area contributed by atoms with Gasteiger partial charge in [-0.05, 0) is 30.5 Å². The van der Waals surface area contributed by atoms with Crippen molar-refractivity contribution >= 4 is 5.91 Å². The van der Waals surface area contributed by atoms with Crippen molar-refractivity contribution in [3.05, 3.63) is 54.2 Å². The Morgan fingerprint density at radius 1 is 1.25 bits per heavy atom. The number of hydrogen-bond donors (Lipinski definition) is 2. The summed E-state index contributed by atoms with van der Waals surface area (Å²) in [6, 6.07) is 13.1. The molecule has 1 saturated heterocycles. The van der Waals surface area contributed by atoms with Crippen LogP contribution in [0.15, 0.2) is 48.7 Å². The molecule has 0 aliphatic carbocycles. The molecular formula is C18H21N3O3. The molecule has 24 heavy (non-hydrogen) atoms. The molecule has 6 nitrogen and oxygen atoms in total. The van der Waals surface area contributed by atoms with Crippen LogP contribution in [0.1, 0.15) is 18.4 Å². The lowest BCUT2D eigenvalue weighted by Gasteiger charge is -2.12. The molecule has 1 aliphatic rings. The van der Waals surface area contributed by atoms with Crippen molar-refractivity contribution in [2.75, 3.05) is 6.54 Å². The van der Waals surface area contributed by atoms with Gasteiger partial charge in [-0.25, -0.2) is 4.98 Å². The Morgan fingerprint density at radius 3 is 2.75 bits per heavy atom. The number of nitrogens with one attached hydrogen (secondary N) is 1. The van der Waals surface area contributed by atoms with Crippen LogP contribution in [0.2, 0.25) is 0 Å². The predicted molar refractivity (Wildman–Crippen MR) is 89.5 cm³/mol. The van der Waals surface area contributed by atoms with Crippen molar-refractivity contribution in [3.8, 4) is 11.6 Å². The minimum atomic E-state index is -0.396. The van der Waals surface area contributed by atoms with E-state index in [1.54, 1.807) is 12.3 Å². The summed E-state index contributed by atoms with van der Waals surface area (Å²) in [4.78, 5) is 16.3. The van der Waals surface area contributed by atoms with Crippen LogP contribution in [0, 0.1) is 0 Å². The number of nitrogens with zero attached hydrogens (tertiary/aromatic N) is 1. The molecule has 1 aliphatic heterocycles. The van der Waals surface area contributed by atoms with Crippen LogP contribution in [0.3, 0.4) is 0 Å². The van der Waals surface area contributed by atoms with Gasteiger partial charge in [0, 0.05) is 25.4 Å². The van der Waals surface area contributed by atoms with E-state index in [4.69, 9.17) is 15.2 Å². The fourth-order valence-electron chi connectivity index (χ4n) is 2.56. The third-order valence-corrected chi connectivity index (χ3v) is 3.89. The number of hydrogen-bond acceptors (Lipinski definition) is 5. The molecule has 2 heterocycles. The molecule has 3 N–H and O–H groups in total. The number of nitrogens with two attached hydrogens (primary N) is 1. The van der Waals surface area contributed by atoms with E-state index >= 15 is 0 Å². The maximum absolute atomic E-state index is 12.1. The topological polar surface area (TPSA) is 86.5 Å². The van der Waals surface area contributed by atoms with E-state index < -0.39 is 6.10 Å². The monoisotopic (exact) mass is 327 g/mol. The number of ether oxygens (including phenoxy) is 2. The summed E-state index contributed by atoms with van der Waals surface area (Å²) < 4.78 is 11.2. The number of pyridine rings is 1. The molecule has 126 valence electrons. The van der Waals surface area contributed by atoms with Crippen LogP contribution >= 0.6 is 0 Å². The zero-order valence-electron chi connectivity index (χ0n) is 13.4. The van der Waals surface area contributed by atoms with E-state index in [0.29, 0.717) is 19.0 Å². The Labute approximate surface area is 141 Å². The minimum absolute atomic E-state index is 0.00293. The lowest BCUT2D eigenvalue weighted by molar-refractivity contribution is -0.132. The van der Waals surface area contributed by atoms with Gasteiger partial charge >= 0.3 is 0 Å². The van der Waals surface area contributed by atoms with Gasteiger partial charge in [0.15, 0.2) is 0 Å². The van der Waals surface area contributed by atoms with E-state index in [9.17, 15) is 4.79 Å². The van der Waals surface area contributed by atoms with Crippen molar-refractivity contribution in [2.24, 2.45) is 5.73 Å². The molecule has 0 radical (unpaired) electrons. The number of benzene rings is 1. The summed E-state index contributed by atoms with van der Waals surface area (Å²) in [5, 5.41) is 2.87. The predicted octanol–water partition coefficient (Wildman–Crippen LogP) is 2.00. The number of carbonyl (C=O) groups is 1. The van der Waals surface area contributed by atoms with Crippen molar-refractivity contribution in [1.82, 2.24) is 10.3 Å². The summed E-state index contributed by atoms with van der Waals surface area (Å²) in [6.45, 7) is 0.862.